The number of benzene rings is 1. The predicted molar refractivity (Wildman–Crippen MR) is 117 cm³/mol. The lowest BCUT2D eigenvalue weighted by Crippen LogP contribution is -2.45. The van der Waals surface area contributed by atoms with Crippen LogP contribution in [0.5, 0.6) is 0 Å². The number of nitrogens with two attached hydrogens (primary N) is 1. The molecule has 2 aromatic rings. The highest BCUT2D eigenvalue weighted by molar-refractivity contribution is 6.15. The largest absolute Gasteiger partial charge is 0.398 e. The van der Waals surface area contributed by atoms with Crippen molar-refractivity contribution in [3.8, 4) is 0 Å². The summed E-state index contributed by atoms with van der Waals surface area (Å²) in [6.07, 6.45) is 4.70. The lowest BCUT2D eigenvalue weighted by atomic mass is 9.98. The van der Waals surface area contributed by atoms with Crippen LogP contribution in [0.3, 0.4) is 0 Å². The van der Waals surface area contributed by atoms with Gasteiger partial charge in [0.1, 0.15) is 12.1 Å². The Bertz CT molecular complexity index is 930. The predicted octanol–water partition coefficient (Wildman–Crippen LogP) is 2.30. The SMILES string of the molecule is CN/C=C(\C=N)c1ccc(N)c(C(=N)c2cc(N3CC(C)OC(C)C3)ncn2)c1. The van der Waals surface area contributed by atoms with Gasteiger partial charge in [0.25, 0.3) is 0 Å². The first-order valence-corrected chi connectivity index (χ1v) is 9.52. The van der Waals surface area contributed by atoms with Crippen LogP contribution in [0, 0.1) is 10.8 Å². The van der Waals surface area contributed by atoms with Crippen LogP contribution >= 0.6 is 0 Å². The number of morpholine rings is 1. The summed E-state index contributed by atoms with van der Waals surface area (Å²) in [5.41, 5.74) is 9.43. The van der Waals surface area contributed by atoms with Crippen molar-refractivity contribution in [3.63, 3.8) is 0 Å². The van der Waals surface area contributed by atoms with Crippen molar-refractivity contribution in [1.29, 1.82) is 10.8 Å². The number of rotatable bonds is 6. The van der Waals surface area contributed by atoms with E-state index in [-0.39, 0.29) is 17.9 Å². The van der Waals surface area contributed by atoms with Crippen LogP contribution in [-0.4, -0.2) is 54.2 Å². The summed E-state index contributed by atoms with van der Waals surface area (Å²) in [7, 11) is 1.78. The van der Waals surface area contributed by atoms with Gasteiger partial charge in [-0.05, 0) is 31.5 Å². The molecule has 0 radical (unpaired) electrons. The van der Waals surface area contributed by atoms with Crippen molar-refractivity contribution in [2.75, 3.05) is 30.8 Å². The Kier molecular flexibility index (Phi) is 6.23. The van der Waals surface area contributed by atoms with E-state index in [2.05, 4.69) is 20.2 Å². The van der Waals surface area contributed by atoms with Crippen molar-refractivity contribution in [2.24, 2.45) is 0 Å². The first kappa shape index (κ1) is 20.5. The van der Waals surface area contributed by atoms with Gasteiger partial charge in [0, 0.05) is 55.4 Å². The fraction of sp³-hybridized carbons (Fsp3) is 0.333. The molecule has 1 aromatic heterocycles. The summed E-state index contributed by atoms with van der Waals surface area (Å²) >= 11 is 0. The smallest absolute Gasteiger partial charge is 0.132 e. The normalized spacial score (nSPS) is 19.7. The molecule has 2 unspecified atom stereocenters. The molecule has 3 rings (SSSR count). The third-order valence-corrected chi connectivity index (χ3v) is 4.76. The minimum absolute atomic E-state index is 0.113. The van der Waals surface area contributed by atoms with Crippen LogP contribution in [-0.2, 0) is 4.74 Å². The van der Waals surface area contributed by atoms with Gasteiger partial charge in [-0.1, -0.05) is 6.07 Å². The van der Waals surface area contributed by atoms with Crippen LogP contribution in [0.25, 0.3) is 5.57 Å². The first-order valence-electron chi connectivity index (χ1n) is 9.52. The molecule has 1 saturated heterocycles. The number of ether oxygens (including phenoxy) is 1. The van der Waals surface area contributed by atoms with Gasteiger partial charge in [0.05, 0.1) is 23.6 Å². The standard InChI is InChI=1S/C21H27N7O/c1-13-10-28(11-14(2)29-13)20-7-19(26-12-27-20)21(24)17-6-15(4-5-18(17)23)16(8-22)9-25-3/h4-9,12-14,22,24-25H,10-11,23H2,1-3H3/b16-9+,22-8?,24-21?. The van der Waals surface area contributed by atoms with Crippen LogP contribution < -0.4 is 16.0 Å². The average molecular weight is 393 g/mol. The van der Waals surface area contributed by atoms with E-state index in [0.717, 1.165) is 24.5 Å². The van der Waals surface area contributed by atoms with Gasteiger partial charge in [-0.15, -0.1) is 0 Å². The van der Waals surface area contributed by atoms with Gasteiger partial charge in [0.15, 0.2) is 0 Å². The number of nitrogens with zero attached hydrogens (tertiary/aromatic N) is 3. The zero-order valence-corrected chi connectivity index (χ0v) is 16.9. The molecule has 0 amide bonds. The second kappa shape index (κ2) is 8.83. The van der Waals surface area contributed by atoms with Gasteiger partial charge in [-0.3, -0.25) is 5.41 Å². The molecule has 8 nitrogen and oxygen atoms in total. The second-order valence-electron chi connectivity index (χ2n) is 7.13. The molecule has 1 fully saturated rings. The Balaban J connectivity index is 1.93. The lowest BCUT2D eigenvalue weighted by Gasteiger charge is -2.36. The Morgan fingerprint density at radius 2 is 1.97 bits per heavy atom. The van der Waals surface area contributed by atoms with E-state index in [1.165, 1.54) is 12.5 Å². The average Bonchev–Trinajstić information content (AvgIpc) is 2.71. The molecular formula is C21H27N7O. The molecular weight excluding hydrogens is 366 g/mol. The quantitative estimate of drug-likeness (QED) is 0.441. The lowest BCUT2D eigenvalue weighted by molar-refractivity contribution is -0.00546. The molecule has 1 aromatic carbocycles. The molecule has 1 aliphatic heterocycles. The summed E-state index contributed by atoms with van der Waals surface area (Å²) < 4.78 is 5.79. The topological polar surface area (TPSA) is 124 Å². The van der Waals surface area contributed by atoms with Gasteiger partial charge in [0.2, 0.25) is 0 Å². The fourth-order valence-corrected chi connectivity index (χ4v) is 3.48. The monoisotopic (exact) mass is 393 g/mol. The number of hydrogen-bond donors (Lipinski definition) is 4. The van der Waals surface area contributed by atoms with E-state index in [0.29, 0.717) is 22.5 Å². The molecule has 0 spiro atoms. The van der Waals surface area contributed by atoms with Crippen molar-refractivity contribution >= 4 is 29.0 Å². The highest BCUT2D eigenvalue weighted by Gasteiger charge is 2.24. The number of hydrogen-bond acceptors (Lipinski definition) is 8. The summed E-state index contributed by atoms with van der Waals surface area (Å²) in [5, 5.41) is 19.2. The van der Waals surface area contributed by atoms with Crippen molar-refractivity contribution in [1.82, 2.24) is 15.3 Å². The van der Waals surface area contributed by atoms with Crippen molar-refractivity contribution < 1.29 is 4.74 Å². The molecule has 1 aliphatic rings. The van der Waals surface area contributed by atoms with E-state index in [4.69, 9.17) is 21.3 Å². The minimum atomic E-state index is 0.113. The fourth-order valence-electron chi connectivity index (χ4n) is 3.48. The third-order valence-electron chi connectivity index (χ3n) is 4.76. The number of aromatic nitrogens is 2. The second-order valence-corrected chi connectivity index (χ2v) is 7.13. The van der Waals surface area contributed by atoms with E-state index < -0.39 is 0 Å². The van der Waals surface area contributed by atoms with Gasteiger partial charge in [-0.25, -0.2) is 9.97 Å². The van der Waals surface area contributed by atoms with E-state index in [1.807, 2.05) is 32.0 Å². The summed E-state index contributed by atoms with van der Waals surface area (Å²) in [6, 6.07) is 7.22. The third kappa shape index (κ3) is 4.60. The highest BCUT2D eigenvalue weighted by Crippen LogP contribution is 2.23. The Labute approximate surface area is 170 Å². The molecule has 8 heteroatoms. The van der Waals surface area contributed by atoms with Gasteiger partial charge >= 0.3 is 0 Å². The molecule has 5 N–H and O–H groups in total. The van der Waals surface area contributed by atoms with Crippen molar-refractivity contribution in [3.05, 3.63) is 53.6 Å². The summed E-state index contributed by atoms with van der Waals surface area (Å²) in [6.45, 7) is 5.56. The highest BCUT2D eigenvalue weighted by atomic mass is 16.5. The summed E-state index contributed by atoms with van der Waals surface area (Å²) in [4.78, 5) is 10.9. The molecule has 0 saturated carbocycles. The van der Waals surface area contributed by atoms with E-state index in [9.17, 15) is 0 Å². The van der Waals surface area contributed by atoms with Crippen LogP contribution in [0.15, 0.2) is 36.8 Å². The Morgan fingerprint density at radius 1 is 1.24 bits per heavy atom. The van der Waals surface area contributed by atoms with Crippen molar-refractivity contribution in [2.45, 2.75) is 26.1 Å². The van der Waals surface area contributed by atoms with E-state index in [1.54, 1.807) is 19.3 Å². The first-order chi connectivity index (χ1) is 13.9. The van der Waals surface area contributed by atoms with E-state index >= 15 is 0 Å². The Hall–Kier alpha value is -3.26. The molecule has 2 atom stereocenters. The molecule has 0 bridgehead atoms. The minimum Gasteiger partial charge on any atom is -0.398 e. The molecule has 2 heterocycles. The van der Waals surface area contributed by atoms with Gasteiger partial charge in [-0.2, -0.15) is 0 Å². The number of anilines is 2. The number of nitrogens with one attached hydrogen (secondary N) is 3. The number of nitrogen functional groups attached to an aromatic ring is 1. The molecule has 152 valence electrons. The molecule has 29 heavy (non-hydrogen) atoms. The Morgan fingerprint density at radius 3 is 2.62 bits per heavy atom. The maximum absolute atomic E-state index is 8.69. The zero-order valence-electron chi connectivity index (χ0n) is 16.9. The maximum atomic E-state index is 8.69. The van der Waals surface area contributed by atoms with Crippen LogP contribution in [0.2, 0.25) is 0 Å². The summed E-state index contributed by atoms with van der Waals surface area (Å²) in [5.74, 6) is 0.770. The number of allylic oxidation sites excluding steroid dienone is 1. The molecule has 0 aliphatic carbocycles. The van der Waals surface area contributed by atoms with Crippen LogP contribution in [0.1, 0.15) is 30.7 Å². The zero-order chi connectivity index (χ0) is 21.0. The van der Waals surface area contributed by atoms with Crippen LogP contribution in [0.4, 0.5) is 11.5 Å². The van der Waals surface area contributed by atoms with Gasteiger partial charge < -0.3 is 26.1 Å². The maximum Gasteiger partial charge on any atom is 0.132 e.